The Morgan fingerprint density at radius 3 is 2.04 bits per heavy atom. The van der Waals surface area contributed by atoms with Crippen LogP contribution in [-0.4, -0.2) is 108 Å². The molecule has 0 saturated carbocycles. The lowest BCUT2D eigenvalue weighted by atomic mass is 9.97. The molecule has 0 spiro atoms. The number of rotatable bonds is 14. The van der Waals surface area contributed by atoms with Crippen LogP contribution >= 0.6 is 69.6 Å². The highest BCUT2D eigenvalue weighted by molar-refractivity contribution is 6.74. The van der Waals surface area contributed by atoms with Crippen molar-refractivity contribution < 1.29 is 47.9 Å². The van der Waals surface area contributed by atoms with E-state index >= 15 is 0 Å². The molecule has 1 fully saturated rings. The highest BCUT2D eigenvalue weighted by Crippen LogP contribution is 2.37. The lowest BCUT2D eigenvalue weighted by Crippen LogP contribution is -2.65. The van der Waals surface area contributed by atoms with Crippen LogP contribution in [-0.2, 0) is 34.7 Å². The SMILES string of the molecule is CC(C)(C)[Si](C)(C)OCC1O[C@@H](OCC(COCc2ccccc2)NC(=O)OCC(Cl)(Cl)Cl)C(NC(=O)OCC(Cl)(Cl)Cl)[C@@H](O)[C@@H]1O. The molecule has 2 rings (SSSR count). The minimum atomic E-state index is -2.30. The Bertz CT molecular complexity index is 1120. The molecule has 3 unspecified atom stereocenters. The topological polar surface area (TPSA) is 154 Å². The van der Waals surface area contributed by atoms with E-state index in [0.29, 0.717) is 0 Å². The van der Waals surface area contributed by atoms with Gasteiger partial charge in [-0.3, -0.25) is 0 Å². The summed E-state index contributed by atoms with van der Waals surface area (Å²) in [5.41, 5.74) is 0.876. The molecule has 0 aliphatic carbocycles. The molecule has 47 heavy (non-hydrogen) atoms. The maximum atomic E-state index is 12.6. The van der Waals surface area contributed by atoms with E-state index in [1.807, 2.05) is 64.2 Å². The maximum Gasteiger partial charge on any atom is 0.407 e. The second kappa shape index (κ2) is 18.6. The second-order valence-electron chi connectivity index (χ2n) is 12.3. The van der Waals surface area contributed by atoms with Crippen LogP contribution in [0, 0.1) is 0 Å². The summed E-state index contributed by atoms with van der Waals surface area (Å²) in [6, 6.07) is 7.04. The van der Waals surface area contributed by atoms with Gasteiger partial charge in [-0.25, -0.2) is 9.59 Å². The van der Waals surface area contributed by atoms with Gasteiger partial charge in [0.15, 0.2) is 14.6 Å². The fourth-order valence-corrected chi connectivity index (χ4v) is 5.13. The molecule has 1 aromatic rings. The number of amides is 2. The molecule has 1 aliphatic rings. The number of alkyl carbamates (subject to hydrolysis) is 2. The molecule has 12 nitrogen and oxygen atoms in total. The van der Waals surface area contributed by atoms with Gasteiger partial charge in [0.05, 0.1) is 32.5 Å². The molecule has 2 amide bonds. The van der Waals surface area contributed by atoms with Crippen molar-refractivity contribution in [2.75, 3.05) is 33.0 Å². The first-order valence-corrected chi connectivity index (χ1v) is 19.6. The molecule has 270 valence electrons. The molecule has 1 aromatic carbocycles. The molecule has 1 heterocycles. The summed E-state index contributed by atoms with van der Waals surface area (Å²) >= 11 is 34.1. The number of carbonyl (C=O) groups is 2. The first kappa shape index (κ1) is 42.6. The molecule has 1 saturated heterocycles. The van der Waals surface area contributed by atoms with Crippen molar-refractivity contribution in [1.82, 2.24) is 10.6 Å². The Balaban J connectivity index is 2.23. The average molecular weight is 807 g/mol. The Kier molecular flexibility index (Phi) is 16.9. The third-order valence-corrected chi connectivity index (χ3v) is 12.5. The molecular formula is C28H42Cl6N2O10Si. The second-order valence-corrected chi connectivity index (χ2v) is 22.2. The van der Waals surface area contributed by atoms with E-state index in [9.17, 15) is 19.8 Å². The summed E-state index contributed by atoms with van der Waals surface area (Å²) in [5.74, 6) is 0. The van der Waals surface area contributed by atoms with E-state index in [1.165, 1.54) is 0 Å². The summed E-state index contributed by atoms with van der Waals surface area (Å²) in [4.78, 5) is 25.1. The van der Waals surface area contributed by atoms with Crippen molar-refractivity contribution in [3.05, 3.63) is 35.9 Å². The standard InChI is InChI=1S/C28H42Cl6N2O10Si/c1-26(2,3)47(4,5)45-14-19-21(37)22(38)20(36-25(40)44-16-28(32,33)34)23(46-19)42-13-18(35-24(39)43-15-27(29,30)31)12-41-11-17-9-7-6-8-10-17/h6-10,18-23,37-38H,11-16H2,1-5H3,(H,35,39)(H,36,40)/t18?,19?,20?,21-,22-,23-/m1/s1. The first-order chi connectivity index (χ1) is 21.6. The molecule has 0 bridgehead atoms. The monoisotopic (exact) mass is 804 g/mol. The van der Waals surface area contributed by atoms with E-state index in [0.717, 1.165) is 5.56 Å². The van der Waals surface area contributed by atoms with Crippen LogP contribution in [0.1, 0.15) is 26.3 Å². The lowest BCUT2D eigenvalue weighted by Gasteiger charge is -2.44. The number of hydrogen-bond acceptors (Lipinski definition) is 10. The summed E-state index contributed by atoms with van der Waals surface area (Å²) in [6.45, 7) is 8.81. The highest BCUT2D eigenvalue weighted by Gasteiger charge is 2.48. The van der Waals surface area contributed by atoms with Gasteiger partial charge in [0.2, 0.25) is 7.59 Å². The quantitative estimate of drug-likeness (QED) is 0.138. The van der Waals surface area contributed by atoms with Crippen LogP contribution in [0.15, 0.2) is 30.3 Å². The number of nitrogens with one attached hydrogen (secondary N) is 2. The number of carbonyl (C=O) groups excluding carboxylic acids is 2. The van der Waals surface area contributed by atoms with Gasteiger partial charge in [0, 0.05) is 0 Å². The number of aliphatic hydroxyl groups is 2. The van der Waals surface area contributed by atoms with Crippen molar-refractivity contribution in [2.45, 2.75) is 89.8 Å². The van der Waals surface area contributed by atoms with E-state index in [-0.39, 0.29) is 31.5 Å². The lowest BCUT2D eigenvalue weighted by molar-refractivity contribution is -0.270. The Morgan fingerprint density at radius 2 is 1.49 bits per heavy atom. The third kappa shape index (κ3) is 15.9. The number of ether oxygens (including phenoxy) is 5. The van der Waals surface area contributed by atoms with Crippen LogP contribution in [0.5, 0.6) is 0 Å². The van der Waals surface area contributed by atoms with Gasteiger partial charge in [-0.1, -0.05) is 121 Å². The van der Waals surface area contributed by atoms with E-state index in [4.69, 9.17) is 97.7 Å². The number of hydrogen-bond donors (Lipinski definition) is 4. The zero-order valence-electron chi connectivity index (χ0n) is 26.5. The smallest absolute Gasteiger partial charge is 0.407 e. The summed E-state index contributed by atoms with van der Waals surface area (Å²) in [6.07, 6.45) is -7.59. The van der Waals surface area contributed by atoms with Crippen LogP contribution in [0.25, 0.3) is 0 Å². The molecule has 4 N–H and O–H groups in total. The maximum absolute atomic E-state index is 12.6. The van der Waals surface area contributed by atoms with Gasteiger partial charge in [-0.05, 0) is 23.7 Å². The minimum Gasteiger partial charge on any atom is -0.445 e. The van der Waals surface area contributed by atoms with Crippen LogP contribution in [0.4, 0.5) is 9.59 Å². The molecular weight excluding hydrogens is 765 g/mol. The Hall–Kier alpha value is -0.523. The van der Waals surface area contributed by atoms with Gasteiger partial charge in [-0.2, -0.15) is 0 Å². The first-order valence-electron chi connectivity index (χ1n) is 14.5. The van der Waals surface area contributed by atoms with Crippen LogP contribution in [0.3, 0.4) is 0 Å². The molecule has 19 heteroatoms. The van der Waals surface area contributed by atoms with E-state index < -0.39 is 78.0 Å². The van der Waals surface area contributed by atoms with Crippen LogP contribution < -0.4 is 10.6 Å². The number of halogens is 6. The molecule has 0 aromatic heterocycles. The Labute approximate surface area is 305 Å². The van der Waals surface area contributed by atoms with Crippen molar-refractivity contribution in [2.24, 2.45) is 0 Å². The molecule has 1 aliphatic heterocycles. The average Bonchev–Trinajstić information content (AvgIpc) is 2.95. The predicted octanol–water partition coefficient (Wildman–Crippen LogP) is 5.62. The number of aliphatic hydroxyl groups excluding tert-OH is 2. The highest BCUT2D eigenvalue weighted by atomic mass is 35.6. The van der Waals surface area contributed by atoms with Crippen molar-refractivity contribution in [1.29, 1.82) is 0 Å². The normalized spacial score (nSPS) is 23.1. The van der Waals surface area contributed by atoms with Crippen molar-refractivity contribution in [3.8, 4) is 0 Å². The van der Waals surface area contributed by atoms with Gasteiger partial charge in [0.1, 0.15) is 37.6 Å². The van der Waals surface area contributed by atoms with E-state index in [1.54, 1.807) is 0 Å². The Morgan fingerprint density at radius 1 is 0.915 bits per heavy atom. The van der Waals surface area contributed by atoms with Gasteiger partial charge in [-0.15, -0.1) is 0 Å². The van der Waals surface area contributed by atoms with Gasteiger partial charge in [0.25, 0.3) is 0 Å². The van der Waals surface area contributed by atoms with Gasteiger partial charge < -0.3 is 49.0 Å². The van der Waals surface area contributed by atoms with Crippen molar-refractivity contribution in [3.63, 3.8) is 0 Å². The van der Waals surface area contributed by atoms with Crippen LogP contribution in [0.2, 0.25) is 18.1 Å². The summed E-state index contributed by atoms with van der Waals surface area (Å²) in [5, 5.41) is 26.9. The van der Waals surface area contributed by atoms with Gasteiger partial charge >= 0.3 is 12.2 Å². The predicted molar refractivity (Wildman–Crippen MR) is 183 cm³/mol. The fourth-order valence-electron chi connectivity index (χ4n) is 3.79. The molecule has 6 atom stereocenters. The fraction of sp³-hybridized carbons (Fsp3) is 0.714. The van der Waals surface area contributed by atoms with Crippen molar-refractivity contribution >= 4 is 90.1 Å². The van der Waals surface area contributed by atoms with E-state index in [2.05, 4.69) is 10.6 Å². The zero-order valence-corrected chi connectivity index (χ0v) is 32.1. The summed E-state index contributed by atoms with van der Waals surface area (Å²) < 4.78 is 30.2. The summed E-state index contributed by atoms with van der Waals surface area (Å²) in [7, 11) is -2.30. The zero-order chi connectivity index (χ0) is 35.6. The number of benzene rings is 1. The number of alkyl halides is 6. The largest absolute Gasteiger partial charge is 0.445 e. The minimum absolute atomic E-state index is 0.0725. The third-order valence-electron chi connectivity index (χ3n) is 7.35. The molecule has 0 radical (unpaired) electrons.